The van der Waals surface area contributed by atoms with Crippen molar-refractivity contribution in [3.8, 4) is 11.8 Å². The first-order valence-electron chi connectivity index (χ1n) is 5.67. The topological polar surface area (TPSA) is 65.4 Å². The molecule has 0 heterocycles. The molecular weight excluding hydrogens is 230 g/mol. The van der Waals surface area contributed by atoms with Crippen molar-refractivity contribution in [1.29, 1.82) is 5.26 Å². The molecule has 0 bridgehead atoms. The number of nitriles is 1. The Morgan fingerprint density at radius 3 is 2.72 bits per heavy atom. The normalized spacial score (nSPS) is 9.72. The number of methoxy groups -OCH3 is 1. The molecule has 0 aliphatic carbocycles. The highest BCUT2D eigenvalue weighted by Crippen LogP contribution is 2.23. The zero-order chi connectivity index (χ0) is 13.5. The summed E-state index contributed by atoms with van der Waals surface area (Å²) >= 11 is 0. The van der Waals surface area contributed by atoms with Gasteiger partial charge in [-0.25, -0.2) is 4.79 Å². The van der Waals surface area contributed by atoms with Crippen LogP contribution in [-0.2, 0) is 0 Å². The van der Waals surface area contributed by atoms with Gasteiger partial charge in [-0.05, 0) is 26.0 Å². The van der Waals surface area contributed by atoms with Crippen LogP contribution in [-0.4, -0.2) is 30.6 Å². The molecule has 0 aliphatic rings. The van der Waals surface area contributed by atoms with E-state index in [4.69, 9.17) is 10.00 Å². The highest BCUT2D eigenvalue weighted by molar-refractivity contribution is 5.91. The van der Waals surface area contributed by atoms with Crippen LogP contribution in [0.15, 0.2) is 24.3 Å². The van der Waals surface area contributed by atoms with E-state index >= 15 is 0 Å². The number of hydrogen-bond acceptors (Lipinski definition) is 3. The van der Waals surface area contributed by atoms with E-state index in [-0.39, 0.29) is 18.6 Å². The molecule has 18 heavy (non-hydrogen) atoms. The van der Waals surface area contributed by atoms with E-state index in [1.54, 1.807) is 19.2 Å². The lowest BCUT2D eigenvalue weighted by atomic mass is 10.3. The molecular formula is C13H17N3O2. The number of amides is 2. The summed E-state index contributed by atoms with van der Waals surface area (Å²) in [6.07, 6.45) is 0. The Morgan fingerprint density at radius 2 is 2.17 bits per heavy atom. The number of nitrogens with one attached hydrogen (secondary N) is 1. The molecule has 2 amide bonds. The summed E-state index contributed by atoms with van der Waals surface area (Å²) in [4.78, 5) is 13.5. The Hall–Kier alpha value is -2.22. The predicted molar refractivity (Wildman–Crippen MR) is 69.5 cm³/mol. The molecule has 0 aliphatic heterocycles. The maximum Gasteiger partial charge on any atom is 0.323 e. The van der Waals surface area contributed by atoms with E-state index in [9.17, 15) is 4.79 Å². The number of rotatable bonds is 4. The van der Waals surface area contributed by atoms with Gasteiger partial charge in [0.1, 0.15) is 12.3 Å². The first kappa shape index (κ1) is 13.8. The first-order valence-corrected chi connectivity index (χ1v) is 5.67. The standard InChI is InChI=1S/C13H17N3O2/c1-10(2)16(9-8-14)13(17)15-11-6-4-5-7-12(11)18-3/h4-7,10H,9H2,1-3H3,(H,15,17). The molecule has 0 radical (unpaired) electrons. The van der Waals surface area contributed by atoms with Crippen molar-refractivity contribution >= 4 is 11.7 Å². The summed E-state index contributed by atoms with van der Waals surface area (Å²) in [5.74, 6) is 0.589. The molecule has 0 aromatic heterocycles. The molecule has 1 rings (SSSR count). The molecule has 0 saturated heterocycles. The Labute approximate surface area is 107 Å². The smallest absolute Gasteiger partial charge is 0.323 e. The van der Waals surface area contributed by atoms with Crippen LogP contribution in [0.25, 0.3) is 0 Å². The van der Waals surface area contributed by atoms with Gasteiger partial charge in [0, 0.05) is 6.04 Å². The van der Waals surface area contributed by atoms with Gasteiger partial charge in [0.05, 0.1) is 18.9 Å². The number of ether oxygens (including phenoxy) is 1. The molecule has 1 aromatic rings. The summed E-state index contributed by atoms with van der Waals surface area (Å²) in [5.41, 5.74) is 0.591. The van der Waals surface area contributed by atoms with Crippen LogP contribution in [0.1, 0.15) is 13.8 Å². The molecule has 5 heteroatoms. The number of hydrogen-bond donors (Lipinski definition) is 1. The Bertz CT molecular complexity index is 452. The summed E-state index contributed by atoms with van der Waals surface area (Å²) in [6.45, 7) is 3.77. The van der Waals surface area contributed by atoms with Gasteiger partial charge in [0.25, 0.3) is 0 Å². The number of benzene rings is 1. The maximum atomic E-state index is 12.0. The monoisotopic (exact) mass is 247 g/mol. The SMILES string of the molecule is COc1ccccc1NC(=O)N(CC#N)C(C)C. The first-order chi connectivity index (χ1) is 8.60. The fourth-order valence-corrected chi connectivity index (χ4v) is 1.50. The van der Waals surface area contributed by atoms with Gasteiger partial charge in [-0.2, -0.15) is 5.26 Å². The van der Waals surface area contributed by atoms with Crippen molar-refractivity contribution in [3.05, 3.63) is 24.3 Å². The van der Waals surface area contributed by atoms with Gasteiger partial charge in [-0.3, -0.25) is 0 Å². The second-order valence-corrected chi connectivity index (χ2v) is 4.01. The number of nitrogens with zero attached hydrogens (tertiary/aromatic N) is 2. The van der Waals surface area contributed by atoms with Gasteiger partial charge in [0.15, 0.2) is 0 Å². The van der Waals surface area contributed by atoms with Crippen molar-refractivity contribution in [2.75, 3.05) is 19.0 Å². The van der Waals surface area contributed by atoms with Gasteiger partial charge in [-0.1, -0.05) is 12.1 Å². The minimum Gasteiger partial charge on any atom is -0.495 e. The van der Waals surface area contributed by atoms with Crippen molar-refractivity contribution in [3.63, 3.8) is 0 Å². The molecule has 1 aromatic carbocycles. The minimum atomic E-state index is -0.309. The average molecular weight is 247 g/mol. The van der Waals surface area contributed by atoms with Crippen LogP contribution in [0.2, 0.25) is 0 Å². The Balaban J connectivity index is 2.83. The Kier molecular flexibility index (Phi) is 5.00. The fourth-order valence-electron chi connectivity index (χ4n) is 1.50. The van der Waals surface area contributed by atoms with Crippen LogP contribution in [0.4, 0.5) is 10.5 Å². The van der Waals surface area contributed by atoms with Crippen LogP contribution < -0.4 is 10.1 Å². The zero-order valence-corrected chi connectivity index (χ0v) is 10.8. The average Bonchev–Trinajstić information content (AvgIpc) is 2.36. The molecule has 96 valence electrons. The molecule has 0 fully saturated rings. The number of carbonyl (C=O) groups excluding carboxylic acids is 1. The number of urea groups is 1. The maximum absolute atomic E-state index is 12.0. The van der Waals surface area contributed by atoms with Gasteiger partial charge >= 0.3 is 6.03 Å². The van der Waals surface area contributed by atoms with Gasteiger partial charge in [-0.15, -0.1) is 0 Å². The predicted octanol–water partition coefficient (Wildman–Crippen LogP) is 2.46. The lowest BCUT2D eigenvalue weighted by molar-refractivity contribution is 0.205. The summed E-state index contributed by atoms with van der Waals surface area (Å²) in [6, 6.07) is 8.77. The van der Waals surface area contributed by atoms with Crippen LogP contribution in [0.5, 0.6) is 5.75 Å². The quantitative estimate of drug-likeness (QED) is 0.831. The van der Waals surface area contributed by atoms with E-state index in [2.05, 4.69) is 5.32 Å². The van der Waals surface area contributed by atoms with Crippen molar-refractivity contribution in [2.24, 2.45) is 0 Å². The highest BCUT2D eigenvalue weighted by Gasteiger charge is 2.17. The molecule has 0 atom stereocenters. The van der Waals surface area contributed by atoms with E-state index < -0.39 is 0 Å². The molecule has 0 saturated carbocycles. The van der Waals surface area contributed by atoms with Gasteiger partial charge in [0.2, 0.25) is 0 Å². The molecule has 0 unspecified atom stereocenters. The minimum absolute atomic E-state index is 0.0423. The third kappa shape index (κ3) is 3.39. The third-order valence-electron chi connectivity index (χ3n) is 2.47. The van der Waals surface area contributed by atoms with Crippen LogP contribution in [0.3, 0.4) is 0 Å². The molecule has 0 spiro atoms. The zero-order valence-electron chi connectivity index (χ0n) is 10.8. The molecule has 1 N–H and O–H groups in total. The second-order valence-electron chi connectivity index (χ2n) is 4.01. The van der Waals surface area contributed by atoms with E-state index in [0.717, 1.165) is 0 Å². The fraction of sp³-hybridized carbons (Fsp3) is 0.385. The summed E-state index contributed by atoms with van der Waals surface area (Å²) in [7, 11) is 1.54. The van der Waals surface area contributed by atoms with Crippen LogP contribution in [0, 0.1) is 11.3 Å². The number of anilines is 1. The number of carbonyl (C=O) groups is 1. The van der Waals surface area contributed by atoms with E-state index in [1.807, 2.05) is 32.0 Å². The summed E-state index contributed by atoms with van der Waals surface area (Å²) < 4.78 is 5.15. The van der Waals surface area contributed by atoms with Crippen LogP contribution >= 0.6 is 0 Å². The lowest BCUT2D eigenvalue weighted by Crippen LogP contribution is -2.40. The largest absolute Gasteiger partial charge is 0.495 e. The van der Waals surface area contributed by atoms with Crippen molar-refractivity contribution < 1.29 is 9.53 Å². The summed E-state index contributed by atoms with van der Waals surface area (Å²) in [5, 5.41) is 11.4. The number of para-hydroxylation sites is 2. The lowest BCUT2D eigenvalue weighted by Gasteiger charge is -2.24. The van der Waals surface area contributed by atoms with Crippen molar-refractivity contribution in [1.82, 2.24) is 4.90 Å². The second kappa shape index (κ2) is 6.50. The van der Waals surface area contributed by atoms with E-state index in [0.29, 0.717) is 11.4 Å². The van der Waals surface area contributed by atoms with Crippen molar-refractivity contribution in [2.45, 2.75) is 19.9 Å². The highest BCUT2D eigenvalue weighted by atomic mass is 16.5. The van der Waals surface area contributed by atoms with E-state index in [1.165, 1.54) is 4.90 Å². The Morgan fingerprint density at radius 1 is 1.50 bits per heavy atom. The third-order valence-corrected chi connectivity index (χ3v) is 2.47. The van der Waals surface area contributed by atoms with Gasteiger partial charge < -0.3 is 15.0 Å². The molecule has 5 nitrogen and oxygen atoms in total.